The Balaban J connectivity index is 1.35. The molecule has 0 bridgehead atoms. The van der Waals surface area contributed by atoms with Crippen LogP contribution in [0.5, 0.6) is 0 Å². The van der Waals surface area contributed by atoms with Gasteiger partial charge in [0, 0.05) is 53.1 Å². The Morgan fingerprint density at radius 2 is 2.06 bits per heavy atom. The summed E-state index contributed by atoms with van der Waals surface area (Å²) in [6, 6.07) is 8.65. The van der Waals surface area contributed by atoms with Gasteiger partial charge >= 0.3 is 6.18 Å². The molecule has 0 fully saturated rings. The highest BCUT2D eigenvalue weighted by atomic mass is 32.1. The first-order valence-corrected chi connectivity index (χ1v) is 11.0. The van der Waals surface area contributed by atoms with E-state index in [0.717, 1.165) is 29.2 Å². The Hall–Kier alpha value is -3.50. The van der Waals surface area contributed by atoms with Gasteiger partial charge in [-0.2, -0.15) is 13.2 Å². The van der Waals surface area contributed by atoms with Gasteiger partial charge in [-0.15, -0.1) is 11.3 Å². The molecule has 0 aliphatic carbocycles. The monoisotopic (exact) mass is 467 g/mol. The number of halogens is 3. The van der Waals surface area contributed by atoms with E-state index in [1.165, 1.54) is 11.3 Å². The molecule has 1 aliphatic rings. The average Bonchev–Trinajstić information content (AvgIpc) is 3.55. The summed E-state index contributed by atoms with van der Waals surface area (Å²) in [6.07, 6.45) is 1.97. The predicted octanol–water partition coefficient (Wildman–Crippen LogP) is 5.01. The number of nitrogens with zero attached hydrogens (tertiary/aromatic N) is 4. The summed E-state index contributed by atoms with van der Waals surface area (Å²) in [7, 11) is 0. The third-order valence-corrected chi connectivity index (χ3v) is 6.85. The maximum absolute atomic E-state index is 13.2. The number of aromatic nitrogens is 5. The van der Waals surface area contributed by atoms with Crippen LogP contribution in [0.1, 0.15) is 17.0 Å². The standard InChI is InChI=1S/C23H16F3N5OS/c24-23(25,26)15-7-16-17(10-29-20(16)28-9-15)21-30-18(11-33-21)13-2-1-3-14(6-13)22(32)8-19-27-4-5-31(19)12-22/h1-7,9-11,32H,8,12H2,(H,28,29)/t22-/m0/s1. The van der Waals surface area contributed by atoms with Gasteiger partial charge in [0.25, 0.3) is 0 Å². The maximum Gasteiger partial charge on any atom is 0.417 e. The molecule has 0 amide bonds. The number of H-pyrrole nitrogens is 1. The van der Waals surface area contributed by atoms with Gasteiger partial charge in [-0.3, -0.25) is 0 Å². The van der Waals surface area contributed by atoms with Crippen molar-refractivity contribution in [3.8, 4) is 21.8 Å². The van der Waals surface area contributed by atoms with Crippen molar-refractivity contribution in [3.63, 3.8) is 0 Å². The van der Waals surface area contributed by atoms with E-state index in [2.05, 4.69) is 19.9 Å². The summed E-state index contributed by atoms with van der Waals surface area (Å²) < 4.78 is 41.4. The first kappa shape index (κ1) is 20.1. The topological polar surface area (TPSA) is 79.6 Å². The third kappa shape index (κ3) is 3.33. The number of alkyl halides is 3. The number of thiazole rings is 1. The Bertz CT molecular complexity index is 1480. The molecule has 1 atom stereocenters. The normalized spacial score (nSPS) is 18.2. The van der Waals surface area contributed by atoms with Crippen LogP contribution < -0.4 is 0 Å². The van der Waals surface area contributed by atoms with E-state index in [0.29, 0.717) is 40.3 Å². The maximum atomic E-state index is 13.2. The molecule has 5 heterocycles. The van der Waals surface area contributed by atoms with Crippen LogP contribution in [-0.2, 0) is 24.7 Å². The van der Waals surface area contributed by atoms with Gasteiger partial charge in [-0.1, -0.05) is 18.2 Å². The van der Waals surface area contributed by atoms with Crippen LogP contribution >= 0.6 is 11.3 Å². The van der Waals surface area contributed by atoms with Crippen LogP contribution in [-0.4, -0.2) is 29.6 Å². The summed E-state index contributed by atoms with van der Waals surface area (Å²) in [5.41, 5.74) is 1.37. The van der Waals surface area contributed by atoms with Crippen molar-refractivity contribution in [2.75, 3.05) is 0 Å². The van der Waals surface area contributed by atoms with Crippen LogP contribution in [0, 0.1) is 0 Å². The smallest absolute Gasteiger partial charge is 0.383 e. The highest BCUT2D eigenvalue weighted by Gasteiger charge is 2.38. The van der Waals surface area contributed by atoms with Gasteiger partial charge in [0.15, 0.2) is 0 Å². The average molecular weight is 467 g/mol. The molecule has 0 spiro atoms. The fourth-order valence-electron chi connectivity index (χ4n) is 4.28. The molecule has 6 nitrogen and oxygen atoms in total. The molecule has 5 aromatic rings. The molecule has 0 radical (unpaired) electrons. The zero-order valence-electron chi connectivity index (χ0n) is 17.0. The second-order valence-corrected chi connectivity index (χ2v) is 8.98. The van der Waals surface area contributed by atoms with E-state index in [9.17, 15) is 18.3 Å². The molecular formula is C23H16F3N5OS. The van der Waals surface area contributed by atoms with E-state index >= 15 is 0 Å². The van der Waals surface area contributed by atoms with Crippen LogP contribution in [0.25, 0.3) is 32.9 Å². The zero-order valence-corrected chi connectivity index (χ0v) is 17.8. The minimum Gasteiger partial charge on any atom is -0.383 e. The lowest BCUT2D eigenvalue weighted by atomic mass is 9.91. The van der Waals surface area contributed by atoms with Crippen molar-refractivity contribution in [1.82, 2.24) is 24.5 Å². The molecule has 4 aromatic heterocycles. The zero-order chi connectivity index (χ0) is 22.8. The number of hydrogen-bond acceptors (Lipinski definition) is 5. The largest absolute Gasteiger partial charge is 0.417 e. The van der Waals surface area contributed by atoms with E-state index < -0.39 is 17.3 Å². The van der Waals surface area contributed by atoms with Crippen molar-refractivity contribution in [2.24, 2.45) is 0 Å². The van der Waals surface area contributed by atoms with Crippen molar-refractivity contribution in [1.29, 1.82) is 0 Å². The minimum atomic E-state index is -4.47. The molecular weight excluding hydrogens is 451 g/mol. The summed E-state index contributed by atoms with van der Waals surface area (Å²) in [5, 5.41) is 14.0. The number of nitrogens with one attached hydrogen (secondary N) is 1. The predicted molar refractivity (Wildman–Crippen MR) is 117 cm³/mol. The Morgan fingerprint density at radius 1 is 1.18 bits per heavy atom. The van der Waals surface area contributed by atoms with Crippen LogP contribution in [0.15, 0.2) is 60.5 Å². The molecule has 1 aromatic carbocycles. The fourth-order valence-corrected chi connectivity index (χ4v) is 5.14. The molecule has 1 aliphatic heterocycles. The lowest BCUT2D eigenvalue weighted by Crippen LogP contribution is -2.27. The molecule has 33 heavy (non-hydrogen) atoms. The number of benzene rings is 1. The van der Waals surface area contributed by atoms with Crippen molar-refractivity contribution < 1.29 is 18.3 Å². The van der Waals surface area contributed by atoms with Crippen LogP contribution in [0.4, 0.5) is 13.2 Å². The highest BCUT2D eigenvalue weighted by Crippen LogP contribution is 2.38. The summed E-state index contributed by atoms with van der Waals surface area (Å²) >= 11 is 1.34. The van der Waals surface area contributed by atoms with E-state index in [4.69, 9.17) is 0 Å². The number of fused-ring (bicyclic) bond motifs is 2. The molecule has 0 saturated carbocycles. The molecule has 166 valence electrons. The Morgan fingerprint density at radius 3 is 2.88 bits per heavy atom. The van der Waals surface area contributed by atoms with Crippen LogP contribution in [0.2, 0.25) is 0 Å². The van der Waals surface area contributed by atoms with Crippen molar-refractivity contribution >= 4 is 22.4 Å². The second kappa shape index (κ2) is 7.00. The van der Waals surface area contributed by atoms with E-state index in [1.807, 2.05) is 40.4 Å². The summed E-state index contributed by atoms with van der Waals surface area (Å²) in [6.45, 7) is 0.429. The van der Waals surface area contributed by atoms with Crippen molar-refractivity contribution in [3.05, 3.63) is 77.5 Å². The summed E-state index contributed by atoms with van der Waals surface area (Å²) in [4.78, 5) is 15.8. The first-order valence-electron chi connectivity index (χ1n) is 10.1. The minimum absolute atomic E-state index is 0.370. The Labute approximate surface area is 189 Å². The van der Waals surface area contributed by atoms with Gasteiger partial charge in [-0.25, -0.2) is 15.0 Å². The highest BCUT2D eigenvalue weighted by molar-refractivity contribution is 7.13. The number of aliphatic hydroxyl groups is 1. The van der Waals surface area contributed by atoms with Gasteiger partial charge in [0.1, 0.15) is 22.1 Å². The molecule has 10 heteroatoms. The second-order valence-electron chi connectivity index (χ2n) is 8.12. The van der Waals surface area contributed by atoms with Gasteiger partial charge in [0.2, 0.25) is 0 Å². The fraction of sp³-hybridized carbons (Fsp3) is 0.174. The molecule has 0 unspecified atom stereocenters. The van der Waals surface area contributed by atoms with E-state index in [1.54, 1.807) is 12.4 Å². The lowest BCUT2D eigenvalue weighted by Gasteiger charge is -2.22. The number of aromatic amines is 1. The van der Waals surface area contributed by atoms with Crippen molar-refractivity contribution in [2.45, 2.75) is 24.7 Å². The Kier molecular flexibility index (Phi) is 4.27. The SMILES string of the molecule is O[C@@]1(c2cccc(-c3csc(-c4c[nH]c5ncc(C(F)(F)F)cc45)n3)c2)Cc2nccn2C1. The first-order chi connectivity index (χ1) is 15.8. The number of pyridine rings is 1. The number of hydrogen-bond donors (Lipinski definition) is 2. The molecule has 2 N–H and O–H groups in total. The van der Waals surface area contributed by atoms with Gasteiger partial charge in [0.05, 0.1) is 17.8 Å². The molecule has 0 saturated heterocycles. The third-order valence-electron chi connectivity index (χ3n) is 5.97. The molecule has 6 rings (SSSR count). The number of rotatable bonds is 3. The van der Waals surface area contributed by atoms with Gasteiger partial charge < -0.3 is 14.7 Å². The summed E-state index contributed by atoms with van der Waals surface area (Å²) in [5.74, 6) is 0.838. The quantitative estimate of drug-likeness (QED) is 0.391. The van der Waals surface area contributed by atoms with Gasteiger partial charge in [-0.05, 0) is 17.7 Å². The van der Waals surface area contributed by atoms with Crippen LogP contribution in [0.3, 0.4) is 0 Å². The lowest BCUT2D eigenvalue weighted by molar-refractivity contribution is -0.137. The number of imidazole rings is 1. The van der Waals surface area contributed by atoms with E-state index in [-0.39, 0.29) is 0 Å².